The Kier molecular flexibility index (Phi) is 4.40. The maximum absolute atomic E-state index is 12.1. The summed E-state index contributed by atoms with van der Waals surface area (Å²) in [6, 6.07) is 4.43. The number of hydrogen-bond acceptors (Lipinski definition) is 4. The highest BCUT2D eigenvalue weighted by molar-refractivity contribution is 7.12. The zero-order chi connectivity index (χ0) is 14.9. The van der Waals surface area contributed by atoms with Crippen molar-refractivity contribution in [2.45, 2.75) is 46.7 Å². The number of hydrogen-bond donors (Lipinski definition) is 2. The summed E-state index contributed by atoms with van der Waals surface area (Å²) in [5.41, 5.74) is 1.46. The summed E-state index contributed by atoms with van der Waals surface area (Å²) >= 11 is 1.78. The number of aryl methyl sites for hydroxylation is 3. The van der Waals surface area contributed by atoms with Crippen molar-refractivity contribution in [2.24, 2.45) is 0 Å². The van der Waals surface area contributed by atoms with E-state index in [4.69, 9.17) is 0 Å². The lowest BCUT2D eigenvalue weighted by Crippen LogP contribution is -2.29. The smallest absolute Gasteiger partial charge is 0.255 e. The van der Waals surface area contributed by atoms with Gasteiger partial charge < -0.3 is 10.3 Å². The average Bonchev–Trinajstić information content (AvgIpc) is 2.74. The van der Waals surface area contributed by atoms with E-state index in [0.29, 0.717) is 5.82 Å². The summed E-state index contributed by atoms with van der Waals surface area (Å²) in [4.78, 5) is 21.8. The third-order valence-electron chi connectivity index (χ3n) is 3.39. The minimum absolute atomic E-state index is 0.0377. The Morgan fingerprint density at radius 1 is 1.20 bits per heavy atom. The maximum atomic E-state index is 12.1. The van der Waals surface area contributed by atoms with E-state index in [2.05, 4.69) is 41.3 Å². The molecule has 0 saturated carbocycles. The van der Waals surface area contributed by atoms with Gasteiger partial charge in [0.2, 0.25) is 0 Å². The van der Waals surface area contributed by atoms with Gasteiger partial charge in [0, 0.05) is 27.5 Å². The predicted molar refractivity (Wildman–Crippen MR) is 83.4 cm³/mol. The molecule has 0 aromatic carbocycles. The third kappa shape index (κ3) is 3.16. The third-order valence-corrected chi connectivity index (χ3v) is 4.57. The van der Waals surface area contributed by atoms with Crippen molar-refractivity contribution in [1.29, 1.82) is 0 Å². The molecule has 0 amide bonds. The summed E-state index contributed by atoms with van der Waals surface area (Å²) in [7, 11) is 0. The Morgan fingerprint density at radius 3 is 2.45 bits per heavy atom. The quantitative estimate of drug-likeness (QED) is 0.909. The first-order chi connectivity index (χ1) is 9.38. The molecule has 0 bridgehead atoms. The van der Waals surface area contributed by atoms with Crippen LogP contribution in [0.15, 0.2) is 16.9 Å². The molecule has 2 unspecified atom stereocenters. The molecular formula is C15H21N3OS. The van der Waals surface area contributed by atoms with Gasteiger partial charge in [0.25, 0.3) is 5.56 Å². The lowest BCUT2D eigenvalue weighted by molar-refractivity contribution is 0.493. The zero-order valence-corrected chi connectivity index (χ0v) is 13.4. The van der Waals surface area contributed by atoms with Crippen LogP contribution in [0.5, 0.6) is 0 Å². The van der Waals surface area contributed by atoms with E-state index in [1.165, 1.54) is 9.75 Å². The summed E-state index contributed by atoms with van der Waals surface area (Å²) in [6.07, 6.45) is 0. The van der Waals surface area contributed by atoms with Crippen LogP contribution < -0.4 is 10.9 Å². The summed E-state index contributed by atoms with van der Waals surface area (Å²) in [5.74, 6) is 0.658. The Bertz CT molecular complexity index is 659. The van der Waals surface area contributed by atoms with Crippen LogP contribution in [0.2, 0.25) is 0 Å². The number of thiophene rings is 1. The number of aromatic nitrogens is 2. The minimum Gasteiger partial charge on any atom is -0.310 e. The van der Waals surface area contributed by atoms with Crippen LogP contribution in [-0.4, -0.2) is 9.97 Å². The molecule has 108 valence electrons. The van der Waals surface area contributed by atoms with Crippen LogP contribution in [0, 0.1) is 20.8 Å². The second kappa shape index (κ2) is 5.89. The zero-order valence-electron chi connectivity index (χ0n) is 12.6. The maximum Gasteiger partial charge on any atom is 0.255 e. The standard InChI is InChI=1S/C15H21N3OS/c1-8-6-7-13(20-8)9(2)16-10(3)14-11(4)17-12(5)18-15(14)19/h6-7,9-10,16H,1-5H3,(H,17,18,19). The number of nitrogens with one attached hydrogen (secondary N) is 2. The van der Waals surface area contributed by atoms with Crippen LogP contribution in [-0.2, 0) is 0 Å². The van der Waals surface area contributed by atoms with Crippen molar-refractivity contribution in [3.63, 3.8) is 0 Å². The van der Waals surface area contributed by atoms with E-state index in [1.54, 1.807) is 18.3 Å². The van der Waals surface area contributed by atoms with Gasteiger partial charge in [-0.2, -0.15) is 0 Å². The van der Waals surface area contributed by atoms with Crippen LogP contribution in [0.1, 0.15) is 52.8 Å². The molecular weight excluding hydrogens is 270 g/mol. The first kappa shape index (κ1) is 14.9. The van der Waals surface area contributed by atoms with Gasteiger partial charge in [0.05, 0.1) is 5.56 Å². The van der Waals surface area contributed by atoms with Crippen molar-refractivity contribution < 1.29 is 0 Å². The molecule has 2 aromatic rings. The molecule has 2 N–H and O–H groups in total. The summed E-state index contributed by atoms with van der Waals surface area (Å²) in [5, 5.41) is 3.48. The SMILES string of the molecule is Cc1nc(C)c(C(C)NC(C)c2ccc(C)s2)c(=O)[nH]1. The molecule has 0 saturated heterocycles. The number of rotatable bonds is 4. The van der Waals surface area contributed by atoms with Crippen LogP contribution >= 0.6 is 11.3 Å². The van der Waals surface area contributed by atoms with Crippen LogP contribution in [0.3, 0.4) is 0 Å². The molecule has 0 aliphatic carbocycles. The second-order valence-corrected chi connectivity index (χ2v) is 6.53. The lowest BCUT2D eigenvalue weighted by atomic mass is 10.1. The first-order valence-electron chi connectivity index (χ1n) is 6.78. The fourth-order valence-corrected chi connectivity index (χ4v) is 3.36. The molecule has 4 nitrogen and oxygen atoms in total. The van der Waals surface area contributed by atoms with Crippen molar-refractivity contribution in [1.82, 2.24) is 15.3 Å². The summed E-state index contributed by atoms with van der Waals surface area (Å²) in [6.45, 7) is 9.91. The molecule has 0 aliphatic heterocycles. The Hall–Kier alpha value is -1.46. The number of nitrogens with zero attached hydrogens (tertiary/aromatic N) is 1. The molecule has 2 heterocycles. The molecule has 0 spiro atoms. The molecule has 2 atom stereocenters. The number of aromatic amines is 1. The molecule has 0 fully saturated rings. The van der Waals surface area contributed by atoms with Gasteiger partial charge in [-0.3, -0.25) is 4.79 Å². The Labute approximate surface area is 123 Å². The fraction of sp³-hybridized carbons (Fsp3) is 0.467. The molecule has 5 heteroatoms. The van der Waals surface area contributed by atoms with Gasteiger partial charge in [-0.05, 0) is 46.8 Å². The van der Waals surface area contributed by atoms with E-state index >= 15 is 0 Å². The number of H-pyrrole nitrogens is 1. The normalized spacial score (nSPS) is 14.2. The Morgan fingerprint density at radius 2 is 1.90 bits per heavy atom. The highest BCUT2D eigenvalue weighted by Gasteiger charge is 2.17. The van der Waals surface area contributed by atoms with Crippen molar-refractivity contribution >= 4 is 11.3 Å². The second-order valence-electron chi connectivity index (χ2n) is 5.21. The monoisotopic (exact) mass is 291 g/mol. The molecule has 0 aliphatic rings. The highest BCUT2D eigenvalue weighted by atomic mass is 32.1. The average molecular weight is 291 g/mol. The van der Waals surface area contributed by atoms with Crippen molar-refractivity contribution in [2.75, 3.05) is 0 Å². The van der Waals surface area contributed by atoms with Gasteiger partial charge >= 0.3 is 0 Å². The first-order valence-corrected chi connectivity index (χ1v) is 7.60. The highest BCUT2D eigenvalue weighted by Crippen LogP contribution is 2.24. The van der Waals surface area contributed by atoms with Crippen LogP contribution in [0.4, 0.5) is 0 Å². The van der Waals surface area contributed by atoms with Gasteiger partial charge in [-0.1, -0.05) is 0 Å². The molecule has 2 aromatic heterocycles. The van der Waals surface area contributed by atoms with Crippen LogP contribution in [0.25, 0.3) is 0 Å². The van der Waals surface area contributed by atoms with Gasteiger partial charge in [-0.25, -0.2) is 4.98 Å². The fourth-order valence-electron chi connectivity index (χ4n) is 2.47. The van der Waals surface area contributed by atoms with Gasteiger partial charge in [0.1, 0.15) is 5.82 Å². The van der Waals surface area contributed by atoms with E-state index in [-0.39, 0.29) is 17.6 Å². The van der Waals surface area contributed by atoms with Crippen molar-refractivity contribution in [3.05, 3.63) is 49.3 Å². The van der Waals surface area contributed by atoms with Crippen molar-refractivity contribution in [3.8, 4) is 0 Å². The lowest BCUT2D eigenvalue weighted by Gasteiger charge is -2.20. The van der Waals surface area contributed by atoms with E-state index in [9.17, 15) is 4.79 Å². The van der Waals surface area contributed by atoms with Gasteiger partial charge in [-0.15, -0.1) is 11.3 Å². The van der Waals surface area contributed by atoms with E-state index in [1.807, 2.05) is 13.8 Å². The largest absolute Gasteiger partial charge is 0.310 e. The molecule has 2 rings (SSSR count). The summed E-state index contributed by atoms with van der Waals surface area (Å²) < 4.78 is 0. The predicted octanol–water partition coefficient (Wildman–Crippen LogP) is 3.17. The Balaban J connectivity index is 2.20. The minimum atomic E-state index is -0.0513. The van der Waals surface area contributed by atoms with E-state index < -0.39 is 0 Å². The molecule has 0 radical (unpaired) electrons. The molecule has 20 heavy (non-hydrogen) atoms. The van der Waals surface area contributed by atoms with Gasteiger partial charge in [0.15, 0.2) is 0 Å². The van der Waals surface area contributed by atoms with E-state index in [0.717, 1.165) is 11.3 Å². The topological polar surface area (TPSA) is 57.8 Å².